The molecule has 5 heteroatoms. The molecule has 0 aliphatic heterocycles. The number of aryl methyl sites for hydroxylation is 1. The summed E-state index contributed by atoms with van der Waals surface area (Å²) in [4.78, 5) is 23.2. The smallest absolute Gasteiger partial charge is 0.404 e. The molecule has 0 saturated heterocycles. The van der Waals surface area contributed by atoms with Gasteiger partial charge >= 0.3 is 6.09 Å². The molecule has 0 aromatic heterocycles. The number of rotatable bonds is 5. The predicted octanol–water partition coefficient (Wildman–Crippen LogP) is 2.02. The van der Waals surface area contributed by atoms with Gasteiger partial charge in [-0.1, -0.05) is 42.7 Å². The third-order valence-corrected chi connectivity index (χ3v) is 4.09. The van der Waals surface area contributed by atoms with Gasteiger partial charge in [0.2, 0.25) is 5.91 Å². The normalized spacial score (nSPS) is 16.4. The number of benzene rings is 1. The average Bonchev–Trinajstić information content (AvgIpc) is 2.94. The van der Waals surface area contributed by atoms with E-state index in [2.05, 4.69) is 16.1 Å². The lowest BCUT2D eigenvalue weighted by molar-refractivity contribution is -0.126. The Labute approximate surface area is 124 Å². The first-order chi connectivity index (χ1) is 10.0. The monoisotopic (exact) mass is 290 g/mol. The minimum atomic E-state index is -0.821. The van der Waals surface area contributed by atoms with Gasteiger partial charge in [-0.05, 0) is 25.3 Å². The molecular formula is C16H22N2O3. The lowest BCUT2D eigenvalue weighted by Crippen LogP contribution is -2.44. The predicted molar refractivity (Wildman–Crippen MR) is 79.9 cm³/mol. The van der Waals surface area contributed by atoms with E-state index in [1.165, 1.54) is 0 Å². The Morgan fingerprint density at radius 1 is 1.33 bits per heavy atom. The van der Waals surface area contributed by atoms with Gasteiger partial charge in [0.1, 0.15) is 6.61 Å². The summed E-state index contributed by atoms with van der Waals surface area (Å²) in [7, 11) is 0. The van der Waals surface area contributed by atoms with Crippen molar-refractivity contribution < 1.29 is 14.3 Å². The van der Waals surface area contributed by atoms with Crippen LogP contribution in [-0.4, -0.2) is 25.2 Å². The number of carbonyl (C=O) groups excluding carboxylic acids is 2. The van der Waals surface area contributed by atoms with Crippen LogP contribution in [-0.2, 0) is 14.9 Å². The first-order valence-electron chi connectivity index (χ1n) is 7.32. The largest absolute Gasteiger partial charge is 0.448 e. The quantitative estimate of drug-likeness (QED) is 0.814. The lowest BCUT2D eigenvalue weighted by Gasteiger charge is -2.28. The van der Waals surface area contributed by atoms with Gasteiger partial charge in [-0.15, -0.1) is 0 Å². The Hall–Kier alpha value is -2.04. The molecule has 2 rings (SSSR count). The van der Waals surface area contributed by atoms with Crippen LogP contribution in [0.3, 0.4) is 0 Å². The maximum Gasteiger partial charge on any atom is 0.404 e. The maximum atomic E-state index is 12.6. The van der Waals surface area contributed by atoms with Crippen LogP contribution in [0.5, 0.6) is 0 Å². The zero-order chi connectivity index (χ0) is 15.3. The van der Waals surface area contributed by atoms with Crippen molar-refractivity contribution in [2.75, 3.05) is 13.2 Å². The number of carbonyl (C=O) groups is 2. The average molecular weight is 290 g/mol. The summed E-state index contributed by atoms with van der Waals surface area (Å²) in [5, 5.41) is 2.87. The topological polar surface area (TPSA) is 81.4 Å². The van der Waals surface area contributed by atoms with Crippen LogP contribution in [0, 0.1) is 6.92 Å². The van der Waals surface area contributed by atoms with Crippen molar-refractivity contribution in [1.29, 1.82) is 0 Å². The standard InChI is InChI=1S/C16H22N2O3/c1-12-5-4-6-13(11-12)16(7-2-3-8-16)14(19)18-9-10-21-15(17)20/h4-6,11H,2-3,7-10H2,1H3,(H2,17,20)(H,18,19). The van der Waals surface area contributed by atoms with E-state index in [9.17, 15) is 9.59 Å². The Bertz CT molecular complexity index is 522. The molecular weight excluding hydrogens is 268 g/mol. The van der Waals surface area contributed by atoms with Gasteiger partial charge in [0.05, 0.1) is 12.0 Å². The van der Waals surface area contributed by atoms with Crippen LogP contribution in [0.15, 0.2) is 24.3 Å². The number of hydrogen-bond donors (Lipinski definition) is 2. The second-order valence-corrected chi connectivity index (χ2v) is 5.58. The molecule has 1 aromatic rings. The molecule has 0 atom stereocenters. The van der Waals surface area contributed by atoms with Crippen LogP contribution in [0.4, 0.5) is 4.79 Å². The van der Waals surface area contributed by atoms with Crippen molar-refractivity contribution in [2.45, 2.75) is 38.0 Å². The third kappa shape index (κ3) is 3.54. The summed E-state index contributed by atoms with van der Waals surface area (Å²) in [6.07, 6.45) is 3.01. The number of hydrogen-bond acceptors (Lipinski definition) is 3. The van der Waals surface area contributed by atoms with Gasteiger partial charge in [-0.2, -0.15) is 0 Å². The fraction of sp³-hybridized carbons (Fsp3) is 0.500. The van der Waals surface area contributed by atoms with E-state index in [0.717, 1.165) is 36.8 Å². The molecule has 3 N–H and O–H groups in total. The molecule has 2 amide bonds. The first kappa shape index (κ1) is 15.4. The molecule has 1 fully saturated rings. The van der Waals surface area contributed by atoms with E-state index in [1.54, 1.807) is 0 Å². The molecule has 1 aliphatic rings. The van der Waals surface area contributed by atoms with E-state index in [-0.39, 0.29) is 19.1 Å². The highest BCUT2D eigenvalue weighted by atomic mass is 16.5. The molecule has 1 saturated carbocycles. The van der Waals surface area contributed by atoms with E-state index in [1.807, 2.05) is 25.1 Å². The fourth-order valence-electron chi connectivity index (χ4n) is 3.05. The highest BCUT2D eigenvalue weighted by Crippen LogP contribution is 2.41. The lowest BCUT2D eigenvalue weighted by atomic mass is 9.77. The van der Waals surface area contributed by atoms with Crippen LogP contribution in [0.1, 0.15) is 36.8 Å². The van der Waals surface area contributed by atoms with Crippen molar-refractivity contribution in [3.8, 4) is 0 Å². The first-order valence-corrected chi connectivity index (χ1v) is 7.32. The summed E-state index contributed by atoms with van der Waals surface area (Å²) >= 11 is 0. The third-order valence-electron chi connectivity index (χ3n) is 4.09. The number of nitrogens with one attached hydrogen (secondary N) is 1. The van der Waals surface area contributed by atoms with Gasteiger partial charge in [0.15, 0.2) is 0 Å². The Morgan fingerprint density at radius 3 is 2.67 bits per heavy atom. The molecule has 21 heavy (non-hydrogen) atoms. The minimum absolute atomic E-state index is 0.0127. The molecule has 1 aromatic carbocycles. The van der Waals surface area contributed by atoms with Gasteiger partial charge in [-0.3, -0.25) is 4.79 Å². The Morgan fingerprint density at radius 2 is 2.05 bits per heavy atom. The molecule has 0 heterocycles. The van der Waals surface area contributed by atoms with E-state index in [4.69, 9.17) is 5.73 Å². The number of ether oxygens (including phenoxy) is 1. The van der Waals surface area contributed by atoms with Crippen LogP contribution >= 0.6 is 0 Å². The van der Waals surface area contributed by atoms with Gasteiger partial charge in [0, 0.05) is 0 Å². The van der Waals surface area contributed by atoms with Crippen molar-refractivity contribution in [3.63, 3.8) is 0 Å². The second-order valence-electron chi connectivity index (χ2n) is 5.58. The van der Waals surface area contributed by atoms with Gasteiger partial charge in [0.25, 0.3) is 0 Å². The van der Waals surface area contributed by atoms with E-state index >= 15 is 0 Å². The van der Waals surface area contributed by atoms with Gasteiger partial charge < -0.3 is 15.8 Å². The zero-order valence-electron chi connectivity index (χ0n) is 12.4. The van der Waals surface area contributed by atoms with E-state index in [0.29, 0.717) is 0 Å². The summed E-state index contributed by atoms with van der Waals surface area (Å²) in [5.41, 5.74) is 6.68. The van der Waals surface area contributed by atoms with E-state index < -0.39 is 11.5 Å². The van der Waals surface area contributed by atoms with Crippen LogP contribution < -0.4 is 11.1 Å². The maximum absolute atomic E-state index is 12.6. The summed E-state index contributed by atoms with van der Waals surface area (Å²) in [5.74, 6) is 0.0127. The van der Waals surface area contributed by atoms with Crippen LogP contribution in [0.25, 0.3) is 0 Å². The highest BCUT2D eigenvalue weighted by molar-refractivity contribution is 5.88. The highest BCUT2D eigenvalue weighted by Gasteiger charge is 2.42. The minimum Gasteiger partial charge on any atom is -0.448 e. The molecule has 5 nitrogen and oxygen atoms in total. The Balaban J connectivity index is 2.07. The number of primary amides is 1. The van der Waals surface area contributed by atoms with Crippen molar-refractivity contribution in [3.05, 3.63) is 35.4 Å². The summed E-state index contributed by atoms with van der Waals surface area (Å²) in [6, 6.07) is 8.14. The second kappa shape index (κ2) is 6.61. The summed E-state index contributed by atoms with van der Waals surface area (Å²) in [6.45, 7) is 2.42. The SMILES string of the molecule is Cc1cccc(C2(C(=O)NCCOC(N)=O)CCCC2)c1. The van der Waals surface area contributed by atoms with Gasteiger partial charge in [-0.25, -0.2) is 4.79 Å². The number of nitrogens with two attached hydrogens (primary N) is 1. The molecule has 0 radical (unpaired) electrons. The molecule has 1 aliphatic carbocycles. The Kier molecular flexibility index (Phi) is 4.83. The molecule has 114 valence electrons. The van der Waals surface area contributed by atoms with Crippen molar-refractivity contribution >= 4 is 12.0 Å². The number of amides is 2. The van der Waals surface area contributed by atoms with Crippen molar-refractivity contribution in [2.24, 2.45) is 5.73 Å². The molecule has 0 spiro atoms. The molecule has 0 unspecified atom stereocenters. The fourth-order valence-corrected chi connectivity index (χ4v) is 3.05. The zero-order valence-corrected chi connectivity index (χ0v) is 12.4. The van der Waals surface area contributed by atoms with Crippen molar-refractivity contribution in [1.82, 2.24) is 5.32 Å². The summed E-state index contributed by atoms with van der Waals surface area (Å²) < 4.78 is 4.64. The molecule has 0 bridgehead atoms. The van der Waals surface area contributed by atoms with Crippen LogP contribution in [0.2, 0.25) is 0 Å².